The molecule has 2 atom stereocenters. The molecule has 0 aliphatic carbocycles. The van der Waals surface area contributed by atoms with Crippen LogP contribution in [-0.4, -0.2) is 36.5 Å². The number of carbonyl (C=O) groups is 2. The lowest BCUT2D eigenvalue weighted by Crippen LogP contribution is -2.47. The van der Waals surface area contributed by atoms with Crippen molar-refractivity contribution in [1.29, 1.82) is 0 Å². The summed E-state index contributed by atoms with van der Waals surface area (Å²) < 4.78 is 6.68. The second-order valence-electron chi connectivity index (χ2n) is 7.97. The number of hydrogen-bond acceptors (Lipinski definition) is 3. The summed E-state index contributed by atoms with van der Waals surface area (Å²) in [5.41, 5.74) is 2.86. The molecule has 0 saturated carbocycles. The highest BCUT2D eigenvalue weighted by Gasteiger charge is 2.31. The Labute approximate surface area is 185 Å². The number of halogens is 1. The van der Waals surface area contributed by atoms with E-state index in [9.17, 15) is 9.59 Å². The van der Waals surface area contributed by atoms with Gasteiger partial charge in [-0.2, -0.15) is 0 Å². The summed E-state index contributed by atoms with van der Waals surface area (Å²) in [4.78, 5) is 27.5. The average Bonchev–Trinajstić information content (AvgIpc) is 2.74. The van der Waals surface area contributed by atoms with Crippen molar-refractivity contribution in [3.63, 3.8) is 0 Å². The molecule has 0 bridgehead atoms. The molecule has 1 saturated heterocycles. The third kappa shape index (κ3) is 4.78. The van der Waals surface area contributed by atoms with Crippen LogP contribution in [0.2, 0.25) is 0 Å². The number of hydrogen-bond donors (Lipinski definition) is 2. The molecule has 2 unspecified atom stereocenters. The molecule has 2 aromatic carbocycles. The molecule has 0 spiro atoms. The average molecular weight is 472 g/mol. The fourth-order valence-corrected chi connectivity index (χ4v) is 4.48. The Balaban J connectivity index is 1.38. The van der Waals surface area contributed by atoms with Crippen molar-refractivity contribution in [3.05, 3.63) is 58.1 Å². The number of nitrogens with one attached hydrogen (secondary N) is 2. The molecule has 2 aromatic rings. The summed E-state index contributed by atoms with van der Waals surface area (Å²) >= 11 is 3.50. The number of urea groups is 1. The number of carbonyl (C=O) groups excluding carboxylic acids is 2. The molecule has 1 fully saturated rings. The Morgan fingerprint density at radius 2 is 2.03 bits per heavy atom. The maximum Gasteiger partial charge on any atom is 0.321 e. The molecular formula is C23H26BrN3O3. The first-order valence-corrected chi connectivity index (χ1v) is 11.1. The summed E-state index contributed by atoms with van der Waals surface area (Å²) in [5.74, 6) is 0.610. The summed E-state index contributed by atoms with van der Waals surface area (Å²) in [6.07, 6.45) is 2.34. The molecule has 7 heteroatoms. The van der Waals surface area contributed by atoms with E-state index < -0.39 is 0 Å². The van der Waals surface area contributed by atoms with E-state index in [2.05, 4.69) is 26.6 Å². The largest absolute Gasteiger partial charge is 0.493 e. The molecular weight excluding hydrogens is 446 g/mol. The number of amides is 3. The van der Waals surface area contributed by atoms with Crippen LogP contribution in [0.25, 0.3) is 0 Å². The zero-order chi connectivity index (χ0) is 21.1. The van der Waals surface area contributed by atoms with E-state index in [1.165, 1.54) is 0 Å². The number of benzene rings is 2. The predicted octanol–water partition coefficient (Wildman–Crippen LogP) is 4.64. The highest BCUT2D eigenvalue weighted by atomic mass is 79.9. The van der Waals surface area contributed by atoms with E-state index in [0.717, 1.165) is 46.3 Å². The highest BCUT2D eigenvalue weighted by Crippen LogP contribution is 2.34. The van der Waals surface area contributed by atoms with Gasteiger partial charge in [0, 0.05) is 35.2 Å². The normalized spacial score (nSPS) is 20.7. The summed E-state index contributed by atoms with van der Waals surface area (Å²) in [6.45, 7) is 3.66. The van der Waals surface area contributed by atoms with Crippen LogP contribution in [0.1, 0.15) is 36.4 Å². The number of aryl methyl sites for hydroxylation is 1. The van der Waals surface area contributed by atoms with Crippen molar-refractivity contribution in [2.45, 2.75) is 32.2 Å². The van der Waals surface area contributed by atoms with Crippen LogP contribution in [0.5, 0.6) is 5.75 Å². The standard InChI is InChI=1S/C23H26BrN3O3/c1-15-4-2-6-18(12-15)25-23(29)27-10-3-5-16(14-27)22(28)26-20-9-11-30-21-8-7-17(24)13-19(20)21/h2,4,6-8,12-13,16,20H,3,5,9-11,14H2,1H3,(H,25,29)(H,26,28). The molecule has 6 nitrogen and oxygen atoms in total. The van der Waals surface area contributed by atoms with Crippen molar-refractivity contribution >= 4 is 33.6 Å². The Morgan fingerprint density at radius 3 is 2.87 bits per heavy atom. The molecule has 0 radical (unpaired) electrons. The number of rotatable bonds is 3. The number of anilines is 1. The van der Waals surface area contributed by atoms with E-state index in [4.69, 9.17) is 4.74 Å². The minimum Gasteiger partial charge on any atom is -0.493 e. The SMILES string of the molecule is Cc1cccc(NC(=O)N2CCCC(C(=O)NC3CCOc4ccc(Br)cc43)C2)c1. The second-order valence-corrected chi connectivity index (χ2v) is 8.88. The predicted molar refractivity (Wildman–Crippen MR) is 120 cm³/mol. The van der Waals surface area contributed by atoms with Crippen molar-refractivity contribution in [2.75, 3.05) is 25.0 Å². The number of fused-ring (bicyclic) bond motifs is 1. The maximum atomic E-state index is 13.0. The first kappa shape index (κ1) is 20.7. The maximum absolute atomic E-state index is 13.0. The molecule has 30 heavy (non-hydrogen) atoms. The van der Waals surface area contributed by atoms with Gasteiger partial charge in [0.05, 0.1) is 18.6 Å². The fraction of sp³-hybridized carbons (Fsp3) is 0.391. The molecule has 3 amide bonds. The van der Waals surface area contributed by atoms with E-state index in [1.54, 1.807) is 4.90 Å². The zero-order valence-corrected chi connectivity index (χ0v) is 18.6. The summed E-state index contributed by atoms with van der Waals surface area (Å²) in [5, 5.41) is 6.14. The fourth-order valence-electron chi connectivity index (χ4n) is 4.11. The Hall–Kier alpha value is -2.54. The van der Waals surface area contributed by atoms with Gasteiger partial charge in [0.15, 0.2) is 0 Å². The van der Waals surface area contributed by atoms with Crippen LogP contribution < -0.4 is 15.4 Å². The van der Waals surface area contributed by atoms with E-state index >= 15 is 0 Å². The lowest BCUT2D eigenvalue weighted by Gasteiger charge is -2.34. The molecule has 4 rings (SSSR count). The van der Waals surface area contributed by atoms with Crippen LogP contribution in [0.4, 0.5) is 10.5 Å². The van der Waals surface area contributed by atoms with Crippen LogP contribution in [0.15, 0.2) is 46.9 Å². The molecule has 0 aromatic heterocycles. The number of piperidine rings is 1. The lowest BCUT2D eigenvalue weighted by atomic mass is 9.95. The van der Waals surface area contributed by atoms with Gasteiger partial charge in [-0.15, -0.1) is 0 Å². The monoisotopic (exact) mass is 471 g/mol. The Kier molecular flexibility index (Phi) is 6.27. The molecule has 158 valence electrons. The first-order valence-electron chi connectivity index (χ1n) is 10.3. The lowest BCUT2D eigenvalue weighted by molar-refractivity contribution is -0.127. The summed E-state index contributed by atoms with van der Waals surface area (Å²) in [6, 6.07) is 13.4. The van der Waals surface area contributed by atoms with Crippen LogP contribution >= 0.6 is 15.9 Å². The van der Waals surface area contributed by atoms with Crippen molar-refractivity contribution in [3.8, 4) is 5.75 Å². The van der Waals surface area contributed by atoms with Gasteiger partial charge in [-0.1, -0.05) is 28.1 Å². The van der Waals surface area contributed by atoms with E-state index in [0.29, 0.717) is 19.7 Å². The smallest absolute Gasteiger partial charge is 0.321 e. The quantitative estimate of drug-likeness (QED) is 0.684. The van der Waals surface area contributed by atoms with Gasteiger partial charge >= 0.3 is 6.03 Å². The van der Waals surface area contributed by atoms with Gasteiger partial charge in [0.25, 0.3) is 0 Å². The zero-order valence-electron chi connectivity index (χ0n) is 17.0. The number of ether oxygens (including phenoxy) is 1. The first-order chi connectivity index (χ1) is 14.5. The van der Waals surface area contributed by atoms with Gasteiger partial charge in [0.2, 0.25) is 5.91 Å². The number of likely N-dealkylation sites (tertiary alicyclic amines) is 1. The van der Waals surface area contributed by atoms with Crippen molar-refractivity contribution in [2.24, 2.45) is 5.92 Å². The molecule has 2 aliphatic rings. The van der Waals surface area contributed by atoms with Gasteiger partial charge in [-0.3, -0.25) is 4.79 Å². The number of nitrogens with zero attached hydrogens (tertiary/aromatic N) is 1. The minimum absolute atomic E-state index is 0.000816. The Bertz CT molecular complexity index is 949. The Morgan fingerprint density at radius 1 is 1.17 bits per heavy atom. The second kappa shape index (κ2) is 9.08. The highest BCUT2D eigenvalue weighted by molar-refractivity contribution is 9.10. The van der Waals surface area contributed by atoms with Crippen molar-refractivity contribution < 1.29 is 14.3 Å². The minimum atomic E-state index is -0.208. The van der Waals surface area contributed by atoms with Crippen LogP contribution in [-0.2, 0) is 4.79 Å². The summed E-state index contributed by atoms with van der Waals surface area (Å²) in [7, 11) is 0. The third-order valence-corrected chi connectivity index (χ3v) is 6.17. The van der Waals surface area contributed by atoms with Gasteiger partial charge in [0.1, 0.15) is 5.75 Å². The molecule has 2 aliphatic heterocycles. The van der Waals surface area contributed by atoms with E-state index in [-0.39, 0.29) is 23.9 Å². The van der Waals surface area contributed by atoms with Gasteiger partial charge < -0.3 is 20.3 Å². The van der Waals surface area contributed by atoms with Crippen molar-refractivity contribution in [1.82, 2.24) is 10.2 Å². The molecule has 2 N–H and O–H groups in total. The topological polar surface area (TPSA) is 70.7 Å². The molecule has 2 heterocycles. The van der Waals surface area contributed by atoms with Crippen LogP contribution in [0.3, 0.4) is 0 Å². The van der Waals surface area contributed by atoms with Crippen LogP contribution in [0, 0.1) is 12.8 Å². The van der Waals surface area contributed by atoms with E-state index in [1.807, 2.05) is 49.4 Å². The van der Waals surface area contributed by atoms with Gasteiger partial charge in [-0.25, -0.2) is 4.79 Å². The van der Waals surface area contributed by atoms with Gasteiger partial charge in [-0.05, 0) is 55.7 Å². The third-order valence-electron chi connectivity index (χ3n) is 5.68.